The third-order valence-electron chi connectivity index (χ3n) is 5.08. The number of carbonyl (C=O) groups excluding carboxylic acids is 1. The molecule has 2 heterocycles. The van der Waals surface area contributed by atoms with Gasteiger partial charge in [-0.25, -0.2) is 0 Å². The molecule has 0 bridgehead atoms. The van der Waals surface area contributed by atoms with Crippen molar-refractivity contribution in [3.8, 4) is 0 Å². The molecule has 0 spiro atoms. The van der Waals surface area contributed by atoms with Gasteiger partial charge in [-0.2, -0.15) is 0 Å². The molecule has 0 N–H and O–H groups in total. The minimum atomic E-state index is 0.282. The van der Waals surface area contributed by atoms with E-state index in [4.69, 9.17) is 11.6 Å². The first-order chi connectivity index (χ1) is 11.1. The maximum absolute atomic E-state index is 12.6. The number of nitrogens with zero attached hydrogens (tertiary/aromatic N) is 3. The SMILES string of the molecule is CC1CCCCN1CC(=O)N1CCN(c2cccc(Cl)c2)CC1. The Kier molecular flexibility index (Phi) is 5.44. The maximum Gasteiger partial charge on any atom is 0.236 e. The summed E-state index contributed by atoms with van der Waals surface area (Å²) < 4.78 is 0. The second-order valence-corrected chi connectivity index (χ2v) is 7.10. The lowest BCUT2D eigenvalue weighted by molar-refractivity contribution is -0.133. The molecule has 0 aliphatic carbocycles. The Morgan fingerprint density at radius 2 is 1.96 bits per heavy atom. The van der Waals surface area contributed by atoms with Crippen LogP contribution in [0.15, 0.2) is 24.3 Å². The molecule has 2 aliphatic heterocycles. The lowest BCUT2D eigenvalue weighted by Crippen LogP contribution is -2.52. The first-order valence-corrected chi connectivity index (χ1v) is 9.03. The fourth-order valence-corrected chi connectivity index (χ4v) is 3.74. The van der Waals surface area contributed by atoms with Crippen LogP contribution in [0.5, 0.6) is 0 Å². The Balaban J connectivity index is 1.51. The standard InChI is InChI=1S/C18H26ClN3O/c1-15-5-2-3-8-22(15)14-18(23)21-11-9-20(10-12-21)17-7-4-6-16(19)13-17/h4,6-7,13,15H,2-3,5,8-12,14H2,1H3. The number of anilines is 1. The van der Waals surface area contributed by atoms with Crippen LogP contribution in [0.2, 0.25) is 5.02 Å². The van der Waals surface area contributed by atoms with Gasteiger partial charge in [-0.3, -0.25) is 9.69 Å². The number of carbonyl (C=O) groups is 1. The number of piperazine rings is 1. The summed E-state index contributed by atoms with van der Waals surface area (Å²) in [5.41, 5.74) is 1.15. The molecule has 1 aromatic rings. The molecule has 23 heavy (non-hydrogen) atoms. The summed E-state index contributed by atoms with van der Waals surface area (Å²) in [5, 5.41) is 0.764. The molecule has 1 unspecified atom stereocenters. The molecule has 2 saturated heterocycles. The number of likely N-dealkylation sites (tertiary alicyclic amines) is 1. The predicted octanol–water partition coefficient (Wildman–Crippen LogP) is 2.86. The van der Waals surface area contributed by atoms with Gasteiger partial charge in [0, 0.05) is 42.9 Å². The fraction of sp³-hybridized carbons (Fsp3) is 0.611. The van der Waals surface area contributed by atoms with Crippen LogP contribution in [0.4, 0.5) is 5.69 Å². The molecular formula is C18H26ClN3O. The molecule has 3 rings (SSSR count). The lowest BCUT2D eigenvalue weighted by atomic mass is 10.0. The number of piperidine rings is 1. The third kappa shape index (κ3) is 4.18. The van der Waals surface area contributed by atoms with Gasteiger partial charge in [-0.05, 0) is 44.5 Å². The highest BCUT2D eigenvalue weighted by molar-refractivity contribution is 6.30. The Labute approximate surface area is 144 Å². The molecule has 1 amide bonds. The maximum atomic E-state index is 12.6. The number of hydrogen-bond donors (Lipinski definition) is 0. The molecule has 1 atom stereocenters. The minimum absolute atomic E-state index is 0.282. The molecule has 1 aromatic carbocycles. The first kappa shape index (κ1) is 16.6. The average molecular weight is 336 g/mol. The molecule has 2 fully saturated rings. The van der Waals surface area contributed by atoms with Crippen molar-refractivity contribution >= 4 is 23.2 Å². The summed E-state index contributed by atoms with van der Waals surface area (Å²) in [6.07, 6.45) is 3.74. The van der Waals surface area contributed by atoms with E-state index in [-0.39, 0.29) is 5.91 Å². The lowest BCUT2D eigenvalue weighted by Gasteiger charge is -2.38. The number of hydrogen-bond acceptors (Lipinski definition) is 3. The zero-order valence-corrected chi connectivity index (χ0v) is 14.6. The van der Waals surface area contributed by atoms with Crippen LogP contribution in [-0.2, 0) is 4.79 Å². The molecule has 4 nitrogen and oxygen atoms in total. The van der Waals surface area contributed by atoms with E-state index in [1.807, 2.05) is 23.1 Å². The normalized spacial score (nSPS) is 23.1. The number of halogens is 1. The number of benzene rings is 1. The van der Waals surface area contributed by atoms with Gasteiger partial charge >= 0.3 is 0 Å². The van der Waals surface area contributed by atoms with Crippen molar-refractivity contribution in [3.05, 3.63) is 29.3 Å². The highest BCUT2D eigenvalue weighted by Gasteiger charge is 2.25. The van der Waals surface area contributed by atoms with Crippen LogP contribution in [0, 0.1) is 0 Å². The minimum Gasteiger partial charge on any atom is -0.368 e. The van der Waals surface area contributed by atoms with Crippen LogP contribution in [0.25, 0.3) is 0 Å². The molecule has 0 aromatic heterocycles. The monoisotopic (exact) mass is 335 g/mol. The number of amides is 1. The summed E-state index contributed by atoms with van der Waals surface area (Å²) in [6.45, 7) is 7.24. The largest absolute Gasteiger partial charge is 0.368 e. The van der Waals surface area contributed by atoms with E-state index >= 15 is 0 Å². The van der Waals surface area contributed by atoms with E-state index in [0.29, 0.717) is 12.6 Å². The molecule has 0 saturated carbocycles. The average Bonchev–Trinajstić information content (AvgIpc) is 2.57. The van der Waals surface area contributed by atoms with Crippen molar-refractivity contribution in [2.24, 2.45) is 0 Å². The van der Waals surface area contributed by atoms with Crippen molar-refractivity contribution in [1.29, 1.82) is 0 Å². The smallest absolute Gasteiger partial charge is 0.236 e. The van der Waals surface area contributed by atoms with E-state index in [0.717, 1.165) is 43.4 Å². The van der Waals surface area contributed by atoms with E-state index in [2.05, 4.69) is 22.8 Å². The van der Waals surface area contributed by atoms with Crippen LogP contribution < -0.4 is 4.90 Å². The van der Waals surface area contributed by atoms with Crippen molar-refractivity contribution in [2.45, 2.75) is 32.2 Å². The van der Waals surface area contributed by atoms with E-state index < -0.39 is 0 Å². The number of rotatable bonds is 3. The molecule has 0 radical (unpaired) electrons. The zero-order valence-electron chi connectivity index (χ0n) is 13.9. The van der Waals surface area contributed by atoms with Gasteiger partial charge in [0.2, 0.25) is 5.91 Å². The van der Waals surface area contributed by atoms with Crippen LogP contribution in [-0.4, -0.2) is 61.0 Å². The van der Waals surface area contributed by atoms with E-state index in [9.17, 15) is 4.79 Å². The third-order valence-corrected chi connectivity index (χ3v) is 5.32. The molecule has 5 heteroatoms. The summed E-state index contributed by atoms with van der Waals surface area (Å²) >= 11 is 6.07. The Bertz CT molecular complexity index is 543. The van der Waals surface area contributed by atoms with Crippen LogP contribution in [0.3, 0.4) is 0 Å². The summed E-state index contributed by atoms with van der Waals surface area (Å²) in [5.74, 6) is 0.282. The highest BCUT2D eigenvalue weighted by Crippen LogP contribution is 2.21. The van der Waals surface area contributed by atoms with Crippen LogP contribution in [0.1, 0.15) is 26.2 Å². The van der Waals surface area contributed by atoms with Crippen LogP contribution >= 0.6 is 11.6 Å². The van der Waals surface area contributed by atoms with E-state index in [1.54, 1.807) is 0 Å². The quantitative estimate of drug-likeness (QED) is 0.850. The van der Waals surface area contributed by atoms with Crippen molar-refractivity contribution in [3.63, 3.8) is 0 Å². The molecule has 2 aliphatic rings. The summed E-state index contributed by atoms with van der Waals surface area (Å²) in [7, 11) is 0. The van der Waals surface area contributed by atoms with Crippen molar-refractivity contribution < 1.29 is 4.79 Å². The van der Waals surface area contributed by atoms with Crippen molar-refractivity contribution in [1.82, 2.24) is 9.80 Å². The Morgan fingerprint density at radius 3 is 2.65 bits per heavy atom. The van der Waals surface area contributed by atoms with Gasteiger partial charge in [0.05, 0.1) is 6.54 Å². The van der Waals surface area contributed by atoms with Gasteiger partial charge < -0.3 is 9.80 Å². The topological polar surface area (TPSA) is 26.8 Å². The Hall–Kier alpha value is -1.26. The zero-order chi connectivity index (χ0) is 16.2. The second kappa shape index (κ2) is 7.54. The highest BCUT2D eigenvalue weighted by atomic mass is 35.5. The van der Waals surface area contributed by atoms with Gasteiger partial charge in [-0.15, -0.1) is 0 Å². The summed E-state index contributed by atoms with van der Waals surface area (Å²) in [4.78, 5) is 19.2. The van der Waals surface area contributed by atoms with Gasteiger partial charge in [-0.1, -0.05) is 24.1 Å². The predicted molar refractivity (Wildman–Crippen MR) is 95.1 cm³/mol. The summed E-state index contributed by atoms with van der Waals surface area (Å²) in [6, 6.07) is 8.49. The van der Waals surface area contributed by atoms with Gasteiger partial charge in [0.25, 0.3) is 0 Å². The van der Waals surface area contributed by atoms with E-state index in [1.165, 1.54) is 19.3 Å². The van der Waals surface area contributed by atoms with Gasteiger partial charge in [0.15, 0.2) is 0 Å². The fourth-order valence-electron chi connectivity index (χ4n) is 3.55. The molecule has 126 valence electrons. The van der Waals surface area contributed by atoms with Gasteiger partial charge in [0.1, 0.15) is 0 Å². The first-order valence-electron chi connectivity index (χ1n) is 8.66. The molecular weight excluding hydrogens is 310 g/mol. The second-order valence-electron chi connectivity index (χ2n) is 6.66. The Morgan fingerprint density at radius 1 is 1.17 bits per heavy atom. The van der Waals surface area contributed by atoms with Crippen molar-refractivity contribution in [2.75, 3.05) is 44.2 Å².